The van der Waals surface area contributed by atoms with E-state index >= 15 is 0 Å². The molecule has 0 heterocycles. The molecule has 0 aliphatic heterocycles. The van der Waals surface area contributed by atoms with Gasteiger partial charge in [-0.1, -0.05) is 38.1 Å². The summed E-state index contributed by atoms with van der Waals surface area (Å²) < 4.78 is 0. The van der Waals surface area contributed by atoms with Gasteiger partial charge >= 0.3 is 0 Å². The second-order valence-corrected chi connectivity index (χ2v) is 3.67. The third-order valence-electron chi connectivity index (χ3n) is 2.94. The third-order valence-corrected chi connectivity index (χ3v) is 2.94. The molecule has 0 spiro atoms. The lowest BCUT2D eigenvalue weighted by Gasteiger charge is -2.08. The molecule has 0 bridgehead atoms. The Balaban J connectivity index is 2.47. The second-order valence-electron chi connectivity index (χ2n) is 3.67. The molecular formula is C11H14. The van der Waals surface area contributed by atoms with Crippen LogP contribution < -0.4 is 0 Å². The van der Waals surface area contributed by atoms with Gasteiger partial charge in [0.25, 0.3) is 0 Å². The molecule has 1 aromatic rings. The van der Waals surface area contributed by atoms with E-state index in [4.69, 9.17) is 0 Å². The summed E-state index contributed by atoms with van der Waals surface area (Å²) in [5.74, 6) is 1.61. The van der Waals surface area contributed by atoms with Gasteiger partial charge in [0, 0.05) is 0 Å². The van der Waals surface area contributed by atoms with Gasteiger partial charge in [-0.3, -0.25) is 0 Å². The molecule has 0 amide bonds. The van der Waals surface area contributed by atoms with Gasteiger partial charge in [-0.2, -0.15) is 0 Å². The monoisotopic (exact) mass is 146 g/mol. The Kier molecular flexibility index (Phi) is 1.49. The Morgan fingerprint density at radius 1 is 1.18 bits per heavy atom. The van der Waals surface area contributed by atoms with Crippen LogP contribution in [-0.2, 0) is 6.42 Å². The average molecular weight is 146 g/mol. The van der Waals surface area contributed by atoms with Crippen molar-refractivity contribution in [2.24, 2.45) is 5.92 Å². The number of hydrogen-bond acceptors (Lipinski definition) is 0. The highest BCUT2D eigenvalue weighted by Gasteiger charge is 2.24. The maximum absolute atomic E-state index is 2.34. The quantitative estimate of drug-likeness (QED) is 0.528. The normalized spacial score (nSPS) is 28.5. The van der Waals surface area contributed by atoms with Crippen LogP contribution in [-0.4, -0.2) is 0 Å². The van der Waals surface area contributed by atoms with Crippen molar-refractivity contribution >= 4 is 0 Å². The van der Waals surface area contributed by atoms with Gasteiger partial charge in [-0.15, -0.1) is 0 Å². The lowest BCUT2D eigenvalue weighted by Crippen LogP contribution is -1.97. The van der Waals surface area contributed by atoms with E-state index in [0.29, 0.717) is 0 Å². The van der Waals surface area contributed by atoms with Crippen LogP contribution in [0.25, 0.3) is 0 Å². The smallest absolute Gasteiger partial charge is 0.0159 e. The van der Waals surface area contributed by atoms with Gasteiger partial charge in [-0.05, 0) is 29.4 Å². The lowest BCUT2D eigenvalue weighted by molar-refractivity contribution is 0.532. The summed E-state index contributed by atoms with van der Waals surface area (Å²) in [6.07, 6.45) is 1.28. The summed E-state index contributed by atoms with van der Waals surface area (Å²) in [5, 5.41) is 0. The van der Waals surface area contributed by atoms with E-state index < -0.39 is 0 Å². The Labute approximate surface area is 68.3 Å². The molecule has 0 unspecified atom stereocenters. The first-order chi connectivity index (χ1) is 5.29. The van der Waals surface area contributed by atoms with Gasteiger partial charge in [0.2, 0.25) is 0 Å². The first-order valence-electron chi connectivity index (χ1n) is 4.37. The molecule has 2 atom stereocenters. The Morgan fingerprint density at radius 2 is 1.91 bits per heavy atom. The number of rotatable bonds is 0. The largest absolute Gasteiger partial charge is 0.0620 e. The van der Waals surface area contributed by atoms with E-state index in [1.807, 2.05) is 0 Å². The fourth-order valence-electron chi connectivity index (χ4n) is 1.99. The fourth-order valence-corrected chi connectivity index (χ4v) is 1.99. The van der Waals surface area contributed by atoms with E-state index in [1.54, 1.807) is 11.1 Å². The Hall–Kier alpha value is -0.780. The molecule has 0 aromatic heterocycles. The van der Waals surface area contributed by atoms with Crippen molar-refractivity contribution in [3.63, 3.8) is 0 Å². The van der Waals surface area contributed by atoms with Crippen molar-refractivity contribution in [3.05, 3.63) is 35.4 Å². The summed E-state index contributed by atoms with van der Waals surface area (Å²) >= 11 is 0. The maximum Gasteiger partial charge on any atom is -0.0159 e. The number of benzene rings is 1. The van der Waals surface area contributed by atoms with Crippen molar-refractivity contribution in [3.8, 4) is 0 Å². The van der Waals surface area contributed by atoms with Crippen molar-refractivity contribution in [2.45, 2.75) is 26.2 Å². The number of hydrogen-bond donors (Lipinski definition) is 0. The summed E-state index contributed by atoms with van der Waals surface area (Å²) in [6, 6.07) is 8.82. The van der Waals surface area contributed by atoms with Gasteiger partial charge in [0.15, 0.2) is 0 Å². The van der Waals surface area contributed by atoms with Crippen molar-refractivity contribution in [1.29, 1.82) is 0 Å². The summed E-state index contributed by atoms with van der Waals surface area (Å²) in [5.41, 5.74) is 3.13. The first kappa shape index (κ1) is 6.90. The van der Waals surface area contributed by atoms with E-state index in [1.165, 1.54) is 6.42 Å². The zero-order chi connectivity index (χ0) is 7.84. The van der Waals surface area contributed by atoms with Crippen LogP contribution in [0.5, 0.6) is 0 Å². The van der Waals surface area contributed by atoms with E-state index in [0.717, 1.165) is 11.8 Å². The predicted octanol–water partition coefficient (Wildman–Crippen LogP) is 2.98. The first-order valence-corrected chi connectivity index (χ1v) is 4.37. The van der Waals surface area contributed by atoms with Gasteiger partial charge < -0.3 is 0 Å². The summed E-state index contributed by atoms with van der Waals surface area (Å²) in [4.78, 5) is 0. The Morgan fingerprint density at radius 3 is 2.64 bits per heavy atom. The van der Waals surface area contributed by atoms with E-state index in [-0.39, 0.29) is 0 Å². The average Bonchev–Trinajstić information content (AvgIpc) is 2.30. The van der Waals surface area contributed by atoms with Crippen LogP contribution in [0, 0.1) is 5.92 Å². The lowest BCUT2D eigenvalue weighted by atomic mass is 9.97. The number of fused-ring (bicyclic) bond motifs is 1. The summed E-state index contributed by atoms with van der Waals surface area (Å²) in [7, 11) is 0. The zero-order valence-corrected chi connectivity index (χ0v) is 7.17. The topological polar surface area (TPSA) is 0 Å². The van der Waals surface area contributed by atoms with Crippen molar-refractivity contribution in [2.75, 3.05) is 0 Å². The second kappa shape index (κ2) is 2.37. The van der Waals surface area contributed by atoms with Crippen LogP contribution in [0.3, 0.4) is 0 Å². The minimum Gasteiger partial charge on any atom is -0.0620 e. The molecule has 0 saturated heterocycles. The maximum atomic E-state index is 2.34. The van der Waals surface area contributed by atoms with Crippen molar-refractivity contribution < 1.29 is 0 Å². The Bertz CT molecular complexity index is 262. The molecule has 0 radical (unpaired) electrons. The minimum atomic E-state index is 0.770. The highest BCUT2D eigenvalue weighted by molar-refractivity contribution is 5.35. The van der Waals surface area contributed by atoms with Crippen LogP contribution in [0.1, 0.15) is 30.9 Å². The van der Waals surface area contributed by atoms with Gasteiger partial charge in [0.1, 0.15) is 0 Å². The SMILES string of the molecule is C[C@@H]1Cc2ccccc2[C@H]1C. The van der Waals surface area contributed by atoms with E-state index in [9.17, 15) is 0 Å². The van der Waals surface area contributed by atoms with Crippen LogP contribution in [0.4, 0.5) is 0 Å². The van der Waals surface area contributed by atoms with Crippen molar-refractivity contribution in [1.82, 2.24) is 0 Å². The van der Waals surface area contributed by atoms with E-state index in [2.05, 4.69) is 38.1 Å². The summed E-state index contributed by atoms with van der Waals surface area (Å²) in [6.45, 7) is 4.67. The highest BCUT2D eigenvalue weighted by Crippen LogP contribution is 2.36. The molecule has 1 aliphatic carbocycles. The minimum absolute atomic E-state index is 0.770. The van der Waals surface area contributed by atoms with Gasteiger partial charge in [0.05, 0.1) is 0 Å². The highest BCUT2D eigenvalue weighted by atomic mass is 14.3. The molecule has 1 aromatic carbocycles. The molecule has 1 aliphatic rings. The molecule has 0 heteroatoms. The molecular weight excluding hydrogens is 132 g/mol. The molecule has 0 N–H and O–H groups in total. The van der Waals surface area contributed by atoms with Crippen LogP contribution in [0.2, 0.25) is 0 Å². The van der Waals surface area contributed by atoms with Gasteiger partial charge in [-0.25, -0.2) is 0 Å². The predicted molar refractivity (Wildman–Crippen MR) is 47.7 cm³/mol. The molecule has 0 nitrogen and oxygen atoms in total. The molecule has 0 fully saturated rings. The molecule has 11 heavy (non-hydrogen) atoms. The molecule has 0 saturated carbocycles. The molecule has 58 valence electrons. The molecule has 2 rings (SSSR count). The third kappa shape index (κ3) is 0.973. The zero-order valence-electron chi connectivity index (χ0n) is 7.17. The fraction of sp³-hybridized carbons (Fsp3) is 0.455. The standard InChI is InChI=1S/C11H14/c1-8-7-10-5-3-4-6-11(10)9(8)2/h3-6,8-9H,7H2,1-2H3/t8-,9+/m1/s1. The van der Waals surface area contributed by atoms with Crippen LogP contribution >= 0.6 is 0 Å². The van der Waals surface area contributed by atoms with Crippen LogP contribution in [0.15, 0.2) is 24.3 Å².